The Labute approximate surface area is 137 Å². The van der Waals surface area contributed by atoms with Crippen molar-refractivity contribution in [3.63, 3.8) is 0 Å². The molecule has 0 amide bonds. The van der Waals surface area contributed by atoms with Crippen molar-refractivity contribution in [2.75, 3.05) is 10.6 Å². The molecule has 0 spiro atoms. The van der Waals surface area contributed by atoms with E-state index in [2.05, 4.69) is 26.6 Å². The van der Waals surface area contributed by atoms with E-state index in [-0.39, 0.29) is 16.5 Å². The summed E-state index contributed by atoms with van der Waals surface area (Å²) >= 11 is 8.09. The molecule has 0 saturated carbocycles. The summed E-state index contributed by atoms with van der Waals surface area (Å²) in [5, 5.41) is 5.16. The lowest BCUT2D eigenvalue weighted by Gasteiger charge is -2.13. The van der Waals surface area contributed by atoms with Crippen LogP contribution in [0.4, 0.5) is 28.9 Å². The lowest BCUT2D eigenvalue weighted by molar-refractivity contribution is -0.137. The normalized spacial score (nSPS) is 11.1. The van der Waals surface area contributed by atoms with Crippen molar-refractivity contribution in [2.24, 2.45) is 0 Å². The number of anilines is 2. The van der Waals surface area contributed by atoms with Crippen LogP contribution in [-0.2, 0) is 6.18 Å². The largest absolute Gasteiger partial charge is 0.416 e. The second-order valence-electron chi connectivity index (χ2n) is 4.28. The molecule has 0 heterocycles. The zero-order valence-electron chi connectivity index (χ0n) is 10.8. The van der Waals surface area contributed by atoms with Gasteiger partial charge in [0.15, 0.2) is 5.11 Å². The molecule has 22 heavy (non-hydrogen) atoms. The molecule has 0 aromatic heterocycles. The number of nitrogens with one attached hydrogen (secondary N) is 2. The Morgan fingerprint density at radius 3 is 2.41 bits per heavy atom. The quantitative estimate of drug-likeness (QED) is 0.527. The van der Waals surface area contributed by atoms with Crippen LogP contribution in [0, 0.1) is 5.82 Å². The van der Waals surface area contributed by atoms with Crippen molar-refractivity contribution in [2.45, 2.75) is 6.18 Å². The van der Waals surface area contributed by atoms with E-state index in [1.165, 1.54) is 24.3 Å². The maximum Gasteiger partial charge on any atom is 0.416 e. The van der Waals surface area contributed by atoms with Crippen molar-refractivity contribution >= 4 is 44.6 Å². The Morgan fingerprint density at radius 1 is 1.05 bits per heavy atom. The first-order valence-electron chi connectivity index (χ1n) is 5.96. The number of alkyl halides is 3. The highest BCUT2D eigenvalue weighted by Gasteiger charge is 2.30. The molecule has 8 heteroatoms. The highest BCUT2D eigenvalue weighted by atomic mass is 79.9. The van der Waals surface area contributed by atoms with E-state index in [0.717, 1.165) is 12.1 Å². The summed E-state index contributed by atoms with van der Waals surface area (Å²) in [5.74, 6) is -0.539. The minimum Gasteiger partial charge on any atom is -0.332 e. The van der Waals surface area contributed by atoms with Crippen LogP contribution >= 0.6 is 28.1 Å². The standard InChI is InChI=1S/C14H9BrF4N2S/c15-9-4-5-12(11(16)7-9)21-13(22)20-10-3-1-2-8(6-10)14(17,18)19/h1-7H,(H2,20,21,22). The fraction of sp³-hybridized carbons (Fsp3) is 0.0714. The molecular formula is C14H9BrF4N2S. The Bertz CT molecular complexity index is 703. The molecule has 0 unspecified atom stereocenters. The molecule has 0 radical (unpaired) electrons. The van der Waals surface area contributed by atoms with Crippen molar-refractivity contribution in [3.8, 4) is 0 Å². The van der Waals surface area contributed by atoms with E-state index >= 15 is 0 Å². The topological polar surface area (TPSA) is 24.1 Å². The highest BCUT2D eigenvalue weighted by molar-refractivity contribution is 9.10. The van der Waals surface area contributed by atoms with Crippen LogP contribution in [0.15, 0.2) is 46.9 Å². The van der Waals surface area contributed by atoms with Gasteiger partial charge < -0.3 is 10.6 Å². The minimum absolute atomic E-state index is 0.0134. The van der Waals surface area contributed by atoms with Gasteiger partial charge in [0.2, 0.25) is 0 Å². The predicted molar refractivity (Wildman–Crippen MR) is 85.4 cm³/mol. The first-order valence-corrected chi connectivity index (χ1v) is 7.16. The number of hydrogen-bond donors (Lipinski definition) is 2. The van der Waals surface area contributed by atoms with Gasteiger partial charge >= 0.3 is 6.18 Å². The summed E-state index contributed by atoms with van der Waals surface area (Å²) in [6, 6.07) is 8.88. The molecule has 0 fully saturated rings. The molecular weight excluding hydrogens is 384 g/mol. The molecule has 116 valence electrons. The first-order chi connectivity index (χ1) is 10.3. The molecule has 0 saturated heterocycles. The summed E-state index contributed by atoms with van der Waals surface area (Å²) < 4.78 is 52.0. The third kappa shape index (κ3) is 4.41. The Morgan fingerprint density at radius 2 is 1.77 bits per heavy atom. The maximum atomic E-state index is 13.6. The number of hydrogen-bond acceptors (Lipinski definition) is 1. The maximum absolute atomic E-state index is 13.6. The smallest absolute Gasteiger partial charge is 0.332 e. The summed E-state index contributed by atoms with van der Waals surface area (Å²) in [6.45, 7) is 0. The zero-order chi connectivity index (χ0) is 16.3. The molecule has 0 aliphatic heterocycles. The average molecular weight is 393 g/mol. The molecule has 0 bridgehead atoms. The summed E-state index contributed by atoms with van der Waals surface area (Å²) in [6.07, 6.45) is -4.44. The van der Waals surface area contributed by atoms with Crippen LogP contribution in [0.25, 0.3) is 0 Å². The van der Waals surface area contributed by atoms with Gasteiger partial charge in [-0.15, -0.1) is 0 Å². The van der Waals surface area contributed by atoms with Crippen LogP contribution < -0.4 is 10.6 Å². The Balaban J connectivity index is 2.09. The zero-order valence-corrected chi connectivity index (χ0v) is 13.2. The fourth-order valence-electron chi connectivity index (χ4n) is 1.65. The summed E-state index contributed by atoms with van der Waals surface area (Å²) in [7, 11) is 0. The van der Waals surface area contributed by atoms with E-state index in [9.17, 15) is 17.6 Å². The van der Waals surface area contributed by atoms with E-state index in [4.69, 9.17) is 12.2 Å². The number of benzene rings is 2. The molecule has 2 aromatic rings. The van der Waals surface area contributed by atoms with Gasteiger partial charge in [-0.1, -0.05) is 22.0 Å². The lowest BCUT2D eigenvalue weighted by Crippen LogP contribution is -2.20. The fourth-order valence-corrected chi connectivity index (χ4v) is 2.21. The van der Waals surface area contributed by atoms with E-state index in [1.54, 1.807) is 6.07 Å². The van der Waals surface area contributed by atoms with E-state index < -0.39 is 17.6 Å². The van der Waals surface area contributed by atoms with Crippen LogP contribution in [-0.4, -0.2) is 5.11 Å². The van der Waals surface area contributed by atoms with Gasteiger partial charge in [-0.3, -0.25) is 0 Å². The third-order valence-electron chi connectivity index (χ3n) is 2.63. The van der Waals surface area contributed by atoms with Crippen molar-refractivity contribution in [1.29, 1.82) is 0 Å². The molecule has 0 aliphatic carbocycles. The number of halogens is 5. The van der Waals surface area contributed by atoms with Crippen LogP contribution in [0.5, 0.6) is 0 Å². The van der Waals surface area contributed by atoms with Crippen molar-refractivity contribution in [3.05, 3.63) is 58.3 Å². The van der Waals surface area contributed by atoms with Gasteiger partial charge in [0.25, 0.3) is 0 Å². The molecule has 2 nitrogen and oxygen atoms in total. The van der Waals surface area contributed by atoms with Gasteiger partial charge in [0.1, 0.15) is 5.82 Å². The SMILES string of the molecule is Fc1cc(Br)ccc1NC(=S)Nc1cccc(C(F)(F)F)c1. The molecule has 0 atom stereocenters. The van der Waals surface area contributed by atoms with E-state index in [0.29, 0.717) is 4.47 Å². The molecule has 2 rings (SSSR count). The van der Waals surface area contributed by atoms with E-state index in [1.807, 2.05) is 0 Å². The second-order valence-corrected chi connectivity index (χ2v) is 5.61. The third-order valence-corrected chi connectivity index (χ3v) is 3.32. The van der Waals surface area contributed by atoms with Gasteiger partial charge in [-0.05, 0) is 48.6 Å². The Hall–Kier alpha value is -1.67. The van der Waals surface area contributed by atoms with Crippen molar-refractivity contribution in [1.82, 2.24) is 0 Å². The first kappa shape index (κ1) is 16.7. The summed E-state index contributed by atoms with van der Waals surface area (Å²) in [4.78, 5) is 0. The van der Waals surface area contributed by atoms with Crippen LogP contribution in [0.2, 0.25) is 0 Å². The number of rotatable bonds is 2. The van der Waals surface area contributed by atoms with Crippen LogP contribution in [0.3, 0.4) is 0 Å². The molecule has 0 aliphatic rings. The van der Waals surface area contributed by atoms with Gasteiger partial charge in [-0.2, -0.15) is 13.2 Å². The molecule has 2 aromatic carbocycles. The Kier molecular flexibility index (Phi) is 5.02. The summed E-state index contributed by atoms with van der Waals surface area (Å²) in [5.41, 5.74) is -0.521. The molecule has 2 N–H and O–H groups in total. The van der Waals surface area contributed by atoms with Gasteiger partial charge in [0, 0.05) is 10.2 Å². The van der Waals surface area contributed by atoms with Gasteiger partial charge in [-0.25, -0.2) is 4.39 Å². The minimum atomic E-state index is -4.44. The second kappa shape index (κ2) is 6.62. The highest BCUT2D eigenvalue weighted by Crippen LogP contribution is 2.30. The monoisotopic (exact) mass is 392 g/mol. The van der Waals surface area contributed by atoms with Crippen LogP contribution in [0.1, 0.15) is 5.56 Å². The predicted octanol–water partition coefficient (Wildman–Crippen LogP) is 5.42. The number of thiocarbonyl (C=S) groups is 1. The average Bonchev–Trinajstić information content (AvgIpc) is 2.41. The van der Waals surface area contributed by atoms with Gasteiger partial charge in [0.05, 0.1) is 11.3 Å². The van der Waals surface area contributed by atoms with Crippen molar-refractivity contribution < 1.29 is 17.6 Å². The lowest BCUT2D eigenvalue weighted by atomic mass is 10.2.